The number of rotatable bonds is 5. The zero-order valence-electron chi connectivity index (χ0n) is 11.8. The van der Waals surface area contributed by atoms with Crippen LogP contribution in [0.1, 0.15) is 31.1 Å². The van der Waals surface area contributed by atoms with Crippen molar-refractivity contribution >= 4 is 0 Å². The van der Waals surface area contributed by atoms with Crippen molar-refractivity contribution in [2.75, 3.05) is 0 Å². The SMILES string of the molecule is CC(C)Oc1ccc(C(O)Cc2ccc(O)cc2)cc1. The maximum absolute atomic E-state index is 10.2. The van der Waals surface area contributed by atoms with Crippen molar-refractivity contribution < 1.29 is 14.9 Å². The van der Waals surface area contributed by atoms with Gasteiger partial charge in [-0.05, 0) is 49.2 Å². The Labute approximate surface area is 119 Å². The van der Waals surface area contributed by atoms with Gasteiger partial charge in [-0.15, -0.1) is 0 Å². The van der Waals surface area contributed by atoms with Crippen molar-refractivity contribution in [3.63, 3.8) is 0 Å². The smallest absolute Gasteiger partial charge is 0.119 e. The Morgan fingerprint density at radius 2 is 1.55 bits per heavy atom. The van der Waals surface area contributed by atoms with E-state index < -0.39 is 6.10 Å². The number of hydrogen-bond donors (Lipinski definition) is 2. The Kier molecular flexibility index (Phi) is 4.64. The third-order valence-electron chi connectivity index (χ3n) is 3.00. The molecule has 0 saturated heterocycles. The lowest BCUT2D eigenvalue weighted by atomic mass is 10.0. The molecular weight excluding hydrogens is 252 g/mol. The van der Waals surface area contributed by atoms with Crippen LogP contribution < -0.4 is 4.74 Å². The van der Waals surface area contributed by atoms with Crippen molar-refractivity contribution in [1.29, 1.82) is 0 Å². The first-order valence-electron chi connectivity index (χ1n) is 6.77. The maximum atomic E-state index is 10.2. The molecule has 0 aliphatic carbocycles. The standard InChI is InChI=1S/C17H20O3/c1-12(2)20-16-9-5-14(6-10-16)17(19)11-13-3-7-15(18)8-4-13/h3-10,12,17-19H,11H2,1-2H3. The van der Waals surface area contributed by atoms with E-state index in [0.717, 1.165) is 16.9 Å². The number of aliphatic hydroxyl groups excluding tert-OH is 1. The van der Waals surface area contributed by atoms with E-state index in [4.69, 9.17) is 4.74 Å². The number of ether oxygens (including phenoxy) is 1. The second-order valence-corrected chi connectivity index (χ2v) is 5.12. The average Bonchev–Trinajstić information content (AvgIpc) is 2.41. The summed E-state index contributed by atoms with van der Waals surface area (Å²) in [6.07, 6.45) is 0.0976. The first kappa shape index (κ1) is 14.4. The van der Waals surface area contributed by atoms with Gasteiger partial charge in [0.2, 0.25) is 0 Å². The minimum atomic E-state index is -0.562. The van der Waals surface area contributed by atoms with Crippen molar-refractivity contribution in [1.82, 2.24) is 0 Å². The van der Waals surface area contributed by atoms with Crippen LogP contribution >= 0.6 is 0 Å². The van der Waals surface area contributed by atoms with Gasteiger partial charge in [0.15, 0.2) is 0 Å². The molecule has 0 aliphatic rings. The first-order chi connectivity index (χ1) is 9.54. The van der Waals surface area contributed by atoms with Gasteiger partial charge in [0.25, 0.3) is 0 Å². The Bertz CT molecular complexity index is 529. The van der Waals surface area contributed by atoms with E-state index in [9.17, 15) is 10.2 Å². The van der Waals surface area contributed by atoms with Gasteiger partial charge < -0.3 is 14.9 Å². The molecule has 0 heterocycles. The number of hydrogen-bond acceptors (Lipinski definition) is 3. The van der Waals surface area contributed by atoms with Crippen LogP contribution in [0.2, 0.25) is 0 Å². The van der Waals surface area contributed by atoms with Gasteiger partial charge in [0.1, 0.15) is 11.5 Å². The molecule has 0 bridgehead atoms. The van der Waals surface area contributed by atoms with Crippen LogP contribution in [-0.2, 0) is 6.42 Å². The van der Waals surface area contributed by atoms with Crippen LogP contribution in [0.15, 0.2) is 48.5 Å². The highest BCUT2D eigenvalue weighted by Gasteiger charge is 2.09. The Hall–Kier alpha value is -2.00. The number of aromatic hydroxyl groups is 1. The molecule has 2 aromatic carbocycles. The van der Waals surface area contributed by atoms with Crippen LogP contribution in [-0.4, -0.2) is 16.3 Å². The normalized spacial score (nSPS) is 12.4. The van der Waals surface area contributed by atoms with E-state index in [0.29, 0.717) is 6.42 Å². The lowest BCUT2D eigenvalue weighted by molar-refractivity contribution is 0.178. The largest absolute Gasteiger partial charge is 0.508 e. The van der Waals surface area contributed by atoms with E-state index >= 15 is 0 Å². The quantitative estimate of drug-likeness (QED) is 0.876. The molecular formula is C17H20O3. The lowest BCUT2D eigenvalue weighted by Crippen LogP contribution is -2.06. The zero-order valence-corrected chi connectivity index (χ0v) is 11.8. The summed E-state index contributed by atoms with van der Waals surface area (Å²) in [5.41, 5.74) is 1.84. The van der Waals surface area contributed by atoms with Crippen molar-refractivity contribution in [2.45, 2.75) is 32.5 Å². The second-order valence-electron chi connectivity index (χ2n) is 5.12. The summed E-state index contributed by atoms with van der Waals surface area (Å²) in [6, 6.07) is 14.4. The van der Waals surface area contributed by atoms with Crippen molar-refractivity contribution in [3.05, 3.63) is 59.7 Å². The predicted octanol–water partition coefficient (Wildman–Crippen LogP) is 3.46. The molecule has 0 fully saturated rings. The highest BCUT2D eigenvalue weighted by atomic mass is 16.5. The van der Waals surface area contributed by atoms with Crippen LogP contribution in [0.5, 0.6) is 11.5 Å². The van der Waals surface area contributed by atoms with Crippen LogP contribution in [0.4, 0.5) is 0 Å². The second kappa shape index (κ2) is 6.44. The Balaban J connectivity index is 2.01. The van der Waals surface area contributed by atoms with Crippen molar-refractivity contribution in [3.8, 4) is 11.5 Å². The molecule has 0 aliphatic heterocycles. The van der Waals surface area contributed by atoms with Gasteiger partial charge in [-0.1, -0.05) is 24.3 Å². The van der Waals surface area contributed by atoms with Crippen LogP contribution in [0.25, 0.3) is 0 Å². The summed E-state index contributed by atoms with van der Waals surface area (Å²) in [5.74, 6) is 1.04. The fourth-order valence-electron chi connectivity index (χ4n) is 2.01. The summed E-state index contributed by atoms with van der Waals surface area (Å²) < 4.78 is 5.57. The number of aliphatic hydroxyl groups is 1. The Morgan fingerprint density at radius 3 is 2.10 bits per heavy atom. The topological polar surface area (TPSA) is 49.7 Å². The van der Waals surface area contributed by atoms with Gasteiger partial charge >= 0.3 is 0 Å². The molecule has 0 spiro atoms. The molecule has 0 saturated carbocycles. The van der Waals surface area contributed by atoms with Crippen LogP contribution in [0, 0.1) is 0 Å². The third kappa shape index (κ3) is 4.00. The molecule has 20 heavy (non-hydrogen) atoms. The highest BCUT2D eigenvalue weighted by molar-refractivity contribution is 5.31. The summed E-state index contributed by atoms with van der Waals surface area (Å²) >= 11 is 0. The molecule has 0 aromatic heterocycles. The van der Waals surface area contributed by atoms with E-state index in [1.165, 1.54) is 0 Å². The van der Waals surface area contributed by atoms with Crippen molar-refractivity contribution in [2.24, 2.45) is 0 Å². The Morgan fingerprint density at radius 1 is 0.950 bits per heavy atom. The molecule has 0 radical (unpaired) electrons. The van der Waals surface area contributed by atoms with Crippen LogP contribution in [0.3, 0.4) is 0 Å². The first-order valence-corrected chi connectivity index (χ1v) is 6.77. The fourth-order valence-corrected chi connectivity index (χ4v) is 2.01. The molecule has 3 nitrogen and oxygen atoms in total. The molecule has 2 aromatic rings. The number of phenolic OH excluding ortho intramolecular Hbond substituents is 1. The molecule has 2 rings (SSSR count). The minimum Gasteiger partial charge on any atom is -0.508 e. The van der Waals surface area contributed by atoms with Gasteiger partial charge in [-0.25, -0.2) is 0 Å². The maximum Gasteiger partial charge on any atom is 0.119 e. The zero-order chi connectivity index (χ0) is 14.5. The van der Waals surface area contributed by atoms with E-state index in [1.54, 1.807) is 12.1 Å². The molecule has 0 amide bonds. The number of phenols is 1. The van der Waals surface area contributed by atoms with Gasteiger partial charge in [-0.3, -0.25) is 0 Å². The van der Waals surface area contributed by atoms with E-state index in [1.807, 2.05) is 50.2 Å². The minimum absolute atomic E-state index is 0.141. The predicted molar refractivity (Wildman–Crippen MR) is 79.0 cm³/mol. The summed E-state index contributed by atoms with van der Waals surface area (Å²) in [5, 5.41) is 19.4. The third-order valence-corrected chi connectivity index (χ3v) is 3.00. The van der Waals surface area contributed by atoms with E-state index in [2.05, 4.69) is 0 Å². The summed E-state index contributed by atoms with van der Waals surface area (Å²) in [4.78, 5) is 0. The van der Waals surface area contributed by atoms with E-state index in [-0.39, 0.29) is 11.9 Å². The fraction of sp³-hybridized carbons (Fsp3) is 0.294. The highest BCUT2D eigenvalue weighted by Crippen LogP contribution is 2.22. The van der Waals surface area contributed by atoms with Gasteiger partial charge in [0, 0.05) is 6.42 Å². The molecule has 1 unspecified atom stereocenters. The summed E-state index contributed by atoms with van der Waals surface area (Å²) in [7, 11) is 0. The van der Waals surface area contributed by atoms with Gasteiger partial charge in [0.05, 0.1) is 12.2 Å². The van der Waals surface area contributed by atoms with Gasteiger partial charge in [-0.2, -0.15) is 0 Å². The molecule has 3 heteroatoms. The summed E-state index contributed by atoms with van der Waals surface area (Å²) in [6.45, 7) is 3.96. The molecule has 106 valence electrons. The lowest BCUT2D eigenvalue weighted by Gasteiger charge is -2.13. The average molecular weight is 272 g/mol. The monoisotopic (exact) mass is 272 g/mol. The molecule has 2 N–H and O–H groups in total. The number of benzene rings is 2. The molecule has 1 atom stereocenters.